The van der Waals surface area contributed by atoms with Crippen LogP contribution < -0.4 is 0 Å². The van der Waals surface area contributed by atoms with Crippen LogP contribution in [0.3, 0.4) is 0 Å². The monoisotopic (exact) mass is 318 g/mol. The predicted molar refractivity (Wildman–Crippen MR) is 73.5 cm³/mol. The van der Waals surface area contributed by atoms with Gasteiger partial charge < -0.3 is 4.42 Å². The lowest BCUT2D eigenvalue weighted by Crippen LogP contribution is -1.99. The third kappa shape index (κ3) is 2.73. The van der Waals surface area contributed by atoms with Gasteiger partial charge in [0.05, 0.1) is 17.2 Å². The number of benzene rings is 1. The number of hydrogen-bond donors (Lipinski definition) is 0. The van der Waals surface area contributed by atoms with E-state index in [1.807, 2.05) is 35.1 Å². The van der Waals surface area contributed by atoms with E-state index in [1.54, 1.807) is 13.1 Å². The quantitative estimate of drug-likeness (QED) is 0.744. The molecule has 0 atom stereocenters. The van der Waals surface area contributed by atoms with E-state index in [9.17, 15) is 0 Å². The molecule has 2 heterocycles. The van der Waals surface area contributed by atoms with Crippen LogP contribution in [0.1, 0.15) is 11.5 Å². The Labute approximate surface area is 118 Å². The molecule has 96 valence electrons. The van der Waals surface area contributed by atoms with Gasteiger partial charge in [-0.15, -0.1) is 10.2 Å². The summed E-state index contributed by atoms with van der Waals surface area (Å²) in [6, 6.07) is 8.01. The number of halogens is 1. The number of nitrogens with zero attached hydrogens (tertiary/aromatic N) is 4. The molecule has 0 saturated carbocycles. The second-order valence-corrected chi connectivity index (χ2v) is 5.09. The zero-order valence-corrected chi connectivity index (χ0v) is 11.8. The first kappa shape index (κ1) is 12.1. The van der Waals surface area contributed by atoms with Crippen molar-refractivity contribution in [2.45, 2.75) is 13.5 Å². The van der Waals surface area contributed by atoms with Gasteiger partial charge in [0, 0.05) is 18.7 Å². The molecule has 0 radical (unpaired) electrons. The Morgan fingerprint density at radius 3 is 2.58 bits per heavy atom. The molecule has 0 spiro atoms. The first-order chi connectivity index (χ1) is 9.20. The fraction of sp³-hybridized carbons (Fsp3) is 0.154. The van der Waals surface area contributed by atoms with Crippen molar-refractivity contribution in [1.29, 1.82) is 0 Å². The molecule has 1 aromatic carbocycles. The summed E-state index contributed by atoms with van der Waals surface area (Å²) in [4.78, 5) is 0. The second-order valence-electron chi connectivity index (χ2n) is 4.18. The molecule has 0 N–H and O–H groups in total. The lowest BCUT2D eigenvalue weighted by atomic mass is 10.1. The van der Waals surface area contributed by atoms with Crippen LogP contribution in [-0.2, 0) is 6.54 Å². The molecule has 3 aromatic rings. The van der Waals surface area contributed by atoms with Crippen molar-refractivity contribution in [2.75, 3.05) is 0 Å². The maximum absolute atomic E-state index is 5.39. The van der Waals surface area contributed by atoms with Gasteiger partial charge >= 0.3 is 0 Å². The highest BCUT2D eigenvalue weighted by Gasteiger charge is 2.05. The summed E-state index contributed by atoms with van der Waals surface area (Å²) in [5.41, 5.74) is 2.08. The third-order valence-corrected chi connectivity index (χ3v) is 3.08. The zero-order chi connectivity index (χ0) is 13.2. The van der Waals surface area contributed by atoms with Crippen LogP contribution in [0.2, 0.25) is 0 Å². The summed E-state index contributed by atoms with van der Waals surface area (Å²) in [5.74, 6) is 1.12. The molecule has 0 aliphatic carbocycles. The Kier molecular flexibility index (Phi) is 3.16. The maximum Gasteiger partial charge on any atom is 0.247 e. The van der Waals surface area contributed by atoms with Crippen molar-refractivity contribution in [3.8, 4) is 11.5 Å². The Balaban J connectivity index is 1.79. The molecule has 0 aliphatic rings. The largest absolute Gasteiger partial charge is 0.421 e. The van der Waals surface area contributed by atoms with Gasteiger partial charge in [-0.25, -0.2) is 0 Å². The van der Waals surface area contributed by atoms with Crippen LogP contribution in [0.4, 0.5) is 0 Å². The summed E-state index contributed by atoms with van der Waals surface area (Å²) in [6.45, 7) is 2.51. The summed E-state index contributed by atoms with van der Waals surface area (Å²) in [7, 11) is 0. The lowest BCUT2D eigenvalue weighted by molar-refractivity contribution is 0.533. The van der Waals surface area contributed by atoms with Crippen LogP contribution in [-0.4, -0.2) is 20.0 Å². The fourth-order valence-corrected chi connectivity index (χ4v) is 2.11. The topological polar surface area (TPSA) is 56.7 Å². The molecule has 6 heteroatoms. The highest BCUT2D eigenvalue weighted by atomic mass is 79.9. The molecule has 0 fully saturated rings. The first-order valence-corrected chi connectivity index (χ1v) is 6.57. The number of rotatable bonds is 3. The van der Waals surface area contributed by atoms with Gasteiger partial charge in [0.2, 0.25) is 11.8 Å². The highest BCUT2D eigenvalue weighted by molar-refractivity contribution is 9.10. The average molecular weight is 319 g/mol. The van der Waals surface area contributed by atoms with E-state index in [4.69, 9.17) is 4.42 Å². The Bertz CT molecular complexity index is 687. The van der Waals surface area contributed by atoms with Gasteiger partial charge in [0.15, 0.2) is 0 Å². The smallest absolute Gasteiger partial charge is 0.247 e. The second kappa shape index (κ2) is 4.97. The molecular weight excluding hydrogens is 308 g/mol. The van der Waals surface area contributed by atoms with Gasteiger partial charge in [-0.1, -0.05) is 12.1 Å². The normalized spacial score (nSPS) is 10.8. The van der Waals surface area contributed by atoms with Gasteiger partial charge in [-0.05, 0) is 33.6 Å². The van der Waals surface area contributed by atoms with Gasteiger partial charge in [0.1, 0.15) is 0 Å². The van der Waals surface area contributed by atoms with Crippen molar-refractivity contribution in [3.05, 3.63) is 52.6 Å². The van der Waals surface area contributed by atoms with Crippen molar-refractivity contribution < 1.29 is 4.42 Å². The molecule has 5 nitrogen and oxygen atoms in total. The van der Waals surface area contributed by atoms with E-state index >= 15 is 0 Å². The Hall–Kier alpha value is -1.95. The van der Waals surface area contributed by atoms with E-state index in [1.165, 1.54) is 0 Å². The van der Waals surface area contributed by atoms with Crippen molar-refractivity contribution >= 4 is 15.9 Å². The summed E-state index contributed by atoms with van der Waals surface area (Å²) >= 11 is 3.38. The molecule has 0 amide bonds. The standard InChI is InChI=1S/C13H11BrN4O/c1-9-16-17-13(19-9)11-4-2-10(3-5-11)7-18-8-12(14)6-15-18/h2-6,8H,7H2,1H3. The molecule has 0 saturated heterocycles. The van der Waals surface area contributed by atoms with E-state index in [-0.39, 0.29) is 0 Å². The molecule has 0 bridgehead atoms. The first-order valence-electron chi connectivity index (χ1n) is 5.78. The minimum absolute atomic E-state index is 0.547. The summed E-state index contributed by atoms with van der Waals surface area (Å²) < 4.78 is 8.23. The summed E-state index contributed by atoms with van der Waals surface area (Å²) in [6.07, 6.45) is 3.71. The number of aryl methyl sites for hydroxylation is 1. The molecule has 0 unspecified atom stereocenters. The lowest BCUT2D eigenvalue weighted by Gasteiger charge is -2.02. The van der Waals surface area contributed by atoms with E-state index < -0.39 is 0 Å². The molecule has 2 aromatic heterocycles. The van der Waals surface area contributed by atoms with Gasteiger partial charge in [0.25, 0.3) is 0 Å². The van der Waals surface area contributed by atoms with Gasteiger partial charge in [-0.2, -0.15) is 5.10 Å². The summed E-state index contributed by atoms with van der Waals surface area (Å²) in [5, 5.41) is 12.0. The van der Waals surface area contributed by atoms with Crippen LogP contribution in [0.25, 0.3) is 11.5 Å². The van der Waals surface area contributed by atoms with Crippen molar-refractivity contribution in [2.24, 2.45) is 0 Å². The van der Waals surface area contributed by atoms with E-state index in [0.29, 0.717) is 11.8 Å². The van der Waals surface area contributed by atoms with Crippen LogP contribution >= 0.6 is 15.9 Å². The molecular formula is C13H11BrN4O. The van der Waals surface area contributed by atoms with Crippen LogP contribution in [0, 0.1) is 6.92 Å². The zero-order valence-electron chi connectivity index (χ0n) is 10.2. The average Bonchev–Trinajstić information content (AvgIpc) is 3.00. The molecule has 19 heavy (non-hydrogen) atoms. The highest BCUT2D eigenvalue weighted by Crippen LogP contribution is 2.18. The fourth-order valence-electron chi connectivity index (χ4n) is 1.78. The van der Waals surface area contributed by atoms with E-state index in [0.717, 1.165) is 22.1 Å². The molecule has 3 rings (SSSR count). The van der Waals surface area contributed by atoms with E-state index in [2.05, 4.69) is 31.2 Å². The van der Waals surface area contributed by atoms with Crippen LogP contribution in [0.15, 0.2) is 45.5 Å². The minimum atomic E-state index is 0.547. The molecule has 0 aliphatic heterocycles. The van der Waals surface area contributed by atoms with Crippen LogP contribution in [0.5, 0.6) is 0 Å². The minimum Gasteiger partial charge on any atom is -0.421 e. The maximum atomic E-state index is 5.39. The SMILES string of the molecule is Cc1nnc(-c2ccc(Cn3cc(Br)cn3)cc2)o1. The third-order valence-electron chi connectivity index (χ3n) is 2.67. The van der Waals surface area contributed by atoms with Crippen molar-refractivity contribution in [3.63, 3.8) is 0 Å². The number of aromatic nitrogens is 4. The predicted octanol–water partition coefficient (Wildman–Crippen LogP) is 3.05. The Morgan fingerprint density at radius 2 is 2.00 bits per heavy atom. The number of hydrogen-bond acceptors (Lipinski definition) is 4. The Morgan fingerprint density at radius 1 is 1.21 bits per heavy atom. The van der Waals surface area contributed by atoms with Crippen molar-refractivity contribution in [1.82, 2.24) is 20.0 Å². The van der Waals surface area contributed by atoms with Gasteiger partial charge in [-0.3, -0.25) is 4.68 Å².